The fourth-order valence-corrected chi connectivity index (χ4v) is 3.32. The second-order valence-corrected chi connectivity index (χ2v) is 7.79. The van der Waals surface area contributed by atoms with E-state index >= 15 is 0 Å². The first kappa shape index (κ1) is 23.5. The smallest absolute Gasteiger partial charge is 0.278 e. The van der Waals surface area contributed by atoms with Gasteiger partial charge in [0.15, 0.2) is 0 Å². The Morgan fingerprint density at radius 2 is 1.66 bits per heavy atom. The summed E-state index contributed by atoms with van der Waals surface area (Å²) in [5, 5.41) is 3.02. The Balaban J connectivity index is 1.87. The summed E-state index contributed by atoms with van der Waals surface area (Å²) < 4.78 is 24.5. The van der Waals surface area contributed by atoms with E-state index in [1.54, 1.807) is 24.3 Å². The zero-order chi connectivity index (χ0) is 23.1. The van der Waals surface area contributed by atoms with E-state index in [1.165, 1.54) is 29.2 Å². The molecule has 3 rings (SSSR count). The molecule has 1 N–H and O–H groups in total. The van der Waals surface area contributed by atoms with Gasteiger partial charge in [-0.05, 0) is 68.7 Å². The number of imide groups is 1. The number of nitrogens with zero attached hydrogens (tertiary/aromatic N) is 1. The zero-order valence-electron chi connectivity index (χ0n) is 18.7. The van der Waals surface area contributed by atoms with Crippen LogP contribution in [-0.2, 0) is 14.3 Å². The molecule has 0 saturated carbocycles. The SMILES string of the molecule is CCCOc1ccc(C2=C(Nc3ccc(F)cc3)C(=O)N(CCCOC(C)C)C2=O)cc1. The number of amides is 2. The van der Waals surface area contributed by atoms with Crippen LogP contribution >= 0.6 is 0 Å². The topological polar surface area (TPSA) is 67.9 Å². The monoisotopic (exact) mass is 440 g/mol. The van der Waals surface area contributed by atoms with Crippen LogP contribution in [0.3, 0.4) is 0 Å². The molecule has 1 aliphatic heterocycles. The number of carbonyl (C=O) groups is 2. The minimum absolute atomic E-state index is 0.0813. The van der Waals surface area contributed by atoms with Crippen molar-refractivity contribution >= 4 is 23.1 Å². The van der Waals surface area contributed by atoms with Gasteiger partial charge in [-0.3, -0.25) is 14.5 Å². The summed E-state index contributed by atoms with van der Waals surface area (Å²) in [4.78, 5) is 27.6. The van der Waals surface area contributed by atoms with Gasteiger partial charge in [0, 0.05) is 18.8 Å². The van der Waals surface area contributed by atoms with Crippen LogP contribution in [-0.4, -0.2) is 42.6 Å². The average molecular weight is 441 g/mol. The lowest BCUT2D eigenvalue weighted by Gasteiger charge is -2.16. The molecule has 0 saturated heterocycles. The van der Waals surface area contributed by atoms with Gasteiger partial charge in [-0.15, -0.1) is 0 Å². The summed E-state index contributed by atoms with van der Waals surface area (Å²) >= 11 is 0. The standard InChI is InChI=1S/C25H29FN2O4/c1-4-15-32-21-12-6-18(7-13-21)22-23(27-20-10-8-19(26)9-11-20)25(30)28(24(22)29)14-5-16-31-17(2)3/h6-13,17,27H,4-5,14-16H2,1-3H3. The Kier molecular flexibility index (Phi) is 8.00. The predicted octanol–water partition coefficient (Wildman–Crippen LogP) is 4.62. The molecule has 1 heterocycles. The van der Waals surface area contributed by atoms with Gasteiger partial charge in [0.25, 0.3) is 11.8 Å². The summed E-state index contributed by atoms with van der Waals surface area (Å²) in [7, 11) is 0. The van der Waals surface area contributed by atoms with E-state index in [9.17, 15) is 14.0 Å². The van der Waals surface area contributed by atoms with Crippen LogP contribution in [0.1, 0.15) is 39.2 Å². The molecule has 0 spiro atoms. The Hall–Kier alpha value is -3.19. The Labute approximate surface area is 188 Å². The first-order valence-corrected chi connectivity index (χ1v) is 10.9. The zero-order valence-corrected chi connectivity index (χ0v) is 18.7. The molecule has 0 aromatic heterocycles. The van der Waals surface area contributed by atoms with Crippen molar-refractivity contribution in [2.24, 2.45) is 0 Å². The van der Waals surface area contributed by atoms with E-state index in [2.05, 4.69) is 5.32 Å². The van der Waals surface area contributed by atoms with Crippen molar-refractivity contribution < 1.29 is 23.5 Å². The van der Waals surface area contributed by atoms with Crippen molar-refractivity contribution in [3.63, 3.8) is 0 Å². The molecule has 0 unspecified atom stereocenters. The molecule has 32 heavy (non-hydrogen) atoms. The number of rotatable bonds is 11. The summed E-state index contributed by atoms with van der Waals surface area (Å²) in [5.41, 5.74) is 1.59. The quantitative estimate of drug-likeness (QED) is 0.408. The highest BCUT2D eigenvalue weighted by molar-refractivity contribution is 6.36. The van der Waals surface area contributed by atoms with Crippen molar-refractivity contribution in [3.8, 4) is 5.75 Å². The summed E-state index contributed by atoms with van der Waals surface area (Å²) in [6.07, 6.45) is 1.51. The lowest BCUT2D eigenvalue weighted by molar-refractivity contribution is -0.137. The Morgan fingerprint density at radius 1 is 0.969 bits per heavy atom. The first-order valence-electron chi connectivity index (χ1n) is 10.9. The highest BCUT2D eigenvalue weighted by Crippen LogP contribution is 2.31. The summed E-state index contributed by atoms with van der Waals surface area (Å²) in [6.45, 7) is 7.20. The van der Waals surface area contributed by atoms with E-state index in [1.807, 2.05) is 20.8 Å². The third-order valence-corrected chi connectivity index (χ3v) is 4.87. The second-order valence-electron chi connectivity index (χ2n) is 7.79. The van der Waals surface area contributed by atoms with Crippen LogP contribution in [0.15, 0.2) is 54.2 Å². The van der Waals surface area contributed by atoms with Gasteiger partial charge < -0.3 is 14.8 Å². The molecule has 2 aromatic rings. The Bertz CT molecular complexity index is 968. The van der Waals surface area contributed by atoms with Gasteiger partial charge in [-0.2, -0.15) is 0 Å². The first-order chi connectivity index (χ1) is 15.4. The summed E-state index contributed by atoms with van der Waals surface area (Å²) in [5.74, 6) is -0.465. The number of carbonyl (C=O) groups excluding carboxylic acids is 2. The van der Waals surface area contributed by atoms with Crippen LogP contribution < -0.4 is 10.1 Å². The molecule has 0 aliphatic carbocycles. The van der Waals surface area contributed by atoms with E-state index < -0.39 is 5.91 Å². The molecule has 0 fully saturated rings. The maximum Gasteiger partial charge on any atom is 0.278 e. The lowest BCUT2D eigenvalue weighted by Crippen LogP contribution is -2.34. The lowest BCUT2D eigenvalue weighted by atomic mass is 10.0. The highest BCUT2D eigenvalue weighted by atomic mass is 19.1. The average Bonchev–Trinajstić information content (AvgIpc) is 3.01. The maximum atomic E-state index is 13.3. The minimum Gasteiger partial charge on any atom is -0.494 e. The fourth-order valence-electron chi connectivity index (χ4n) is 3.32. The van der Waals surface area contributed by atoms with Crippen molar-refractivity contribution in [2.75, 3.05) is 25.1 Å². The number of nitrogens with one attached hydrogen (secondary N) is 1. The molecule has 6 nitrogen and oxygen atoms in total. The van der Waals surface area contributed by atoms with Crippen molar-refractivity contribution in [3.05, 3.63) is 65.6 Å². The fraction of sp³-hybridized carbons (Fsp3) is 0.360. The van der Waals surface area contributed by atoms with Crippen LogP contribution in [0, 0.1) is 5.82 Å². The third kappa shape index (κ3) is 5.73. The molecule has 170 valence electrons. The normalized spacial score (nSPS) is 14.0. The van der Waals surface area contributed by atoms with Crippen LogP contribution in [0.5, 0.6) is 5.75 Å². The molecule has 2 amide bonds. The maximum absolute atomic E-state index is 13.3. The van der Waals surface area contributed by atoms with Gasteiger partial charge in [-0.25, -0.2) is 4.39 Å². The number of hydrogen-bond acceptors (Lipinski definition) is 5. The van der Waals surface area contributed by atoms with Crippen molar-refractivity contribution in [2.45, 2.75) is 39.7 Å². The van der Waals surface area contributed by atoms with Gasteiger partial charge >= 0.3 is 0 Å². The number of hydrogen-bond donors (Lipinski definition) is 1. The molecule has 2 aromatic carbocycles. The number of anilines is 1. The van der Waals surface area contributed by atoms with Gasteiger partial charge in [-0.1, -0.05) is 19.1 Å². The van der Waals surface area contributed by atoms with Gasteiger partial charge in [0.2, 0.25) is 0 Å². The molecule has 0 radical (unpaired) electrons. The largest absolute Gasteiger partial charge is 0.494 e. The highest BCUT2D eigenvalue weighted by Gasteiger charge is 2.38. The molecular formula is C25H29FN2O4. The number of ether oxygens (including phenoxy) is 2. The van der Waals surface area contributed by atoms with Gasteiger partial charge in [0.05, 0.1) is 18.3 Å². The van der Waals surface area contributed by atoms with E-state index in [0.717, 1.165) is 6.42 Å². The number of benzene rings is 2. The molecule has 0 bridgehead atoms. The molecule has 1 aliphatic rings. The molecule has 0 atom stereocenters. The predicted molar refractivity (Wildman–Crippen MR) is 122 cm³/mol. The van der Waals surface area contributed by atoms with E-state index in [0.29, 0.717) is 36.6 Å². The van der Waals surface area contributed by atoms with Crippen molar-refractivity contribution in [1.82, 2.24) is 4.90 Å². The van der Waals surface area contributed by atoms with Crippen molar-refractivity contribution in [1.29, 1.82) is 0 Å². The van der Waals surface area contributed by atoms with Gasteiger partial charge in [0.1, 0.15) is 17.3 Å². The molecular weight excluding hydrogens is 411 g/mol. The minimum atomic E-state index is -0.412. The van der Waals surface area contributed by atoms with E-state index in [-0.39, 0.29) is 35.6 Å². The summed E-state index contributed by atoms with van der Waals surface area (Å²) in [6, 6.07) is 12.7. The Morgan fingerprint density at radius 3 is 2.28 bits per heavy atom. The second kappa shape index (κ2) is 10.9. The third-order valence-electron chi connectivity index (χ3n) is 4.87. The molecule has 7 heteroatoms. The van der Waals surface area contributed by atoms with E-state index in [4.69, 9.17) is 9.47 Å². The van der Waals surface area contributed by atoms with Crippen LogP contribution in [0.4, 0.5) is 10.1 Å². The van der Waals surface area contributed by atoms with Crippen LogP contribution in [0.2, 0.25) is 0 Å². The number of halogens is 1. The van der Waals surface area contributed by atoms with Crippen LogP contribution in [0.25, 0.3) is 5.57 Å².